The molecule has 0 spiro atoms. The number of pyridine rings is 1. The van der Waals surface area contributed by atoms with Gasteiger partial charge in [0, 0.05) is 30.9 Å². The summed E-state index contributed by atoms with van der Waals surface area (Å²) >= 11 is 0. The van der Waals surface area contributed by atoms with Crippen LogP contribution >= 0.6 is 0 Å². The highest BCUT2D eigenvalue weighted by molar-refractivity contribution is 5.77. The lowest BCUT2D eigenvalue weighted by atomic mass is 10.1. The van der Waals surface area contributed by atoms with Crippen molar-refractivity contribution in [2.75, 3.05) is 0 Å². The summed E-state index contributed by atoms with van der Waals surface area (Å²) in [5.41, 5.74) is 0.956. The summed E-state index contributed by atoms with van der Waals surface area (Å²) in [6.07, 6.45) is -3.52. The van der Waals surface area contributed by atoms with Crippen LogP contribution in [0.15, 0.2) is 45.8 Å². The lowest BCUT2D eigenvalue weighted by Gasteiger charge is -2.16. The van der Waals surface area contributed by atoms with Gasteiger partial charge in [0.15, 0.2) is 0 Å². The van der Waals surface area contributed by atoms with Crippen molar-refractivity contribution < 1.29 is 26.9 Å². The number of nitrogens with zero attached hydrogens (tertiary/aromatic N) is 4. The second kappa shape index (κ2) is 6.83. The second-order valence-corrected chi connectivity index (χ2v) is 6.47. The number of halogens is 4. The van der Waals surface area contributed by atoms with Crippen molar-refractivity contribution in [1.29, 1.82) is 0 Å². The number of hydrogen-bond donors (Lipinski definition) is 0. The van der Waals surface area contributed by atoms with Crippen LogP contribution in [0.25, 0.3) is 11.4 Å². The summed E-state index contributed by atoms with van der Waals surface area (Å²) in [6.45, 7) is 0.280. The van der Waals surface area contributed by atoms with Gasteiger partial charge in [0.25, 0.3) is 5.56 Å². The summed E-state index contributed by atoms with van der Waals surface area (Å²) in [5.74, 6) is -2.64. The van der Waals surface area contributed by atoms with E-state index in [0.717, 1.165) is 16.2 Å². The topological polar surface area (TPSA) is 81.2 Å². The van der Waals surface area contributed by atoms with Crippen LogP contribution in [-0.4, -0.2) is 25.5 Å². The van der Waals surface area contributed by atoms with Gasteiger partial charge in [-0.3, -0.25) is 9.59 Å². The Morgan fingerprint density at radius 3 is 2.59 bits per heavy atom. The van der Waals surface area contributed by atoms with Crippen LogP contribution in [0, 0.1) is 5.82 Å². The van der Waals surface area contributed by atoms with Crippen molar-refractivity contribution in [2.45, 2.75) is 25.8 Å². The minimum Gasteiger partial charge on any atom is -0.332 e. The van der Waals surface area contributed by atoms with Gasteiger partial charge >= 0.3 is 12.1 Å². The van der Waals surface area contributed by atoms with Crippen molar-refractivity contribution >= 4 is 5.91 Å². The number of fused-ring (bicyclic) bond motifs is 1. The molecule has 0 N–H and O–H groups in total. The van der Waals surface area contributed by atoms with E-state index in [2.05, 4.69) is 14.7 Å². The SMILES string of the molecule is O=C(Cn1ccc(-c2noc(C(F)(F)F)n2)cc1=O)N1Cc2ccc(F)cc2C1. The molecule has 3 aromatic rings. The molecule has 0 fully saturated rings. The molecule has 4 rings (SSSR count). The Morgan fingerprint density at radius 1 is 1.14 bits per heavy atom. The molecule has 0 radical (unpaired) electrons. The maximum absolute atomic E-state index is 13.3. The zero-order valence-electron chi connectivity index (χ0n) is 14.6. The summed E-state index contributed by atoms with van der Waals surface area (Å²) in [6, 6.07) is 6.63. The van der Waals surface area contributed by atoms with Gasteiger partial charge in [-0.05, 0) is 29.3 Å². The van der Waals surface area contributed by atoms with Crippen LogP contribution in [0.5, 0.6) is 0 Å². The van der Waals surface area contributed by atoms with E-state index in [-0.39, 0.29) is 36.2 Å². The average molecular weight is 408 g/mol. The number of hydrogen-bond acceptors (Lipinski definition) is 5. The summed E-state index contributed by atoms with van der Waals surface area (Å²) < 4.78 is 56.2. The number of carbonyl (C=O) groups is 1. The minimum atomic E-state index is -4.79. The van der Waals surface area contributed by atoms with Crippen LogP contribution in [-0.2, 0) is 30.6 Å². The van der Waals surface area contributed by atoms with Gasteiger partial charge < -0.3 is 14.0 Å². The van der Waals surface area contributed by atoms with Crippen LogP contribution < -0.4 is 5.56 Å². The molecule has 3 heterocycles. The van der Waals surface area contributed by atoms with Crippen molar-refractivity contribution in [2.24, 2.45) is 0 Å². The van der Waals surface area contributed by atoms with Crippen molar-refractivity contribution in [3.05, 3.63) is 69.7 Å². The number of alkyl halides is 3. The average Bonchev–Trinajstić information content (AvgIpc) is 3.29. The molecule has 11 heteroatoms. The van der Waals surface area contributed by atoms with Crippen LogP contribution in [0.1, 0.15) is 17.0 Å². The van der Waals surface area contributed by atoms with Gasteiger partial charge in [-0.25, -0.2) is 4.39 Å². The van der Waals surface area contributed by atoms with E-state index < -0.39 is 17.6 Å². The first kappa shape index (κ1) is 18.8. The fourth-order valence-electron chi connectivity index (χ4n) is 3.02. The number of aromatic nitrogens is 3. The Morgan fingerprint density at radius 2 is 1.90 bits per heavy atom. The van der Waals surface area contributed by atoms with E-state index in [1.165, 1.54) is 29.3 Å². The van der Waals surface area contributed by atoms with Crippen molar-refractivity contribution in [3.8, 4) is 11.4 Å². The Balaban J connectivity index is 1.48. The third-order valence-electron chi connectivity index (χ3n) is 4.47. The number of amides is 1. The quantitative estimate of drug-likeness (QED) is 0.623. The standard InChI is InChI=1S/C18H12F4N4O3/c19-13-2-1-11-7-26(8-12(11)5-13)15(28)9-25-4-3-10(6-14(25)27)16-23-17(29-24-16)18(20,21)22/h1-6H,7-9H2. The fraction of sp³-hybridized carbons (Fsp3) is 0.222. The predicted molar refractivity (Wildman–Crippen MR) is 89.7 cm³/mol. The molecule has 1 aliphatic heterocycles. The molecule has 0 unspecified atom stereocenters. The number of benzene rings is 1. The minimum absolute atomic E-state index is 0.0296. The first-order valence-corrected chi connectivity index (χ1v) is 8.37. The van der Waals surface area contributed by atoms with Crippen LogP contribution in [0.4, 0.5) is 17.6 Å². The monoisotopic (exact) mass is 408 g/mol. The highest BCUT2D eigenvalue weighted by atomic mass is 19.4. The Kier molecular flexibility index (Phi) is 4.44. The third-order valence-corrected chi connectivity index (χ3v) is 4.47. The fourth-order valence-corrected chi connectivity index (χ4v) is 3.02. The van der Waals surface area contributed by atoms with Crippen LogP contribution in [0.2, 0.25) is 0 Å². The maximum Gasteiger partial charge on any atom is 0.471 e. The second-order valence-electron chi connectivity index (χ2n) is 6.47. The maximum atomic E-state index is 13.3. The molecule has 0 saturated heterocycles. The van der Waals surface area contributed by atoms with E-state index in [4.69, 9.17) is 0 Å². The van der Waals surface area contributed by atoms with Gasteiger partial charge in [0.2, 0.25) is 11.7 Å². The summed E-state index contributed by atoms with van der Waals surface area (Å²) in [5, 5.41) is 3.22. The first-order chi connectivity index (χ1) is 13.7. The van der Waals surface area contributed by atoms with Crippen LogP contribution in [0.3, 0.4) is 0 Å². The smallest absolute Gasteiger partial charge is 0.332 e. The van der Waals surface area contributed by atoms with Crippen molar-refractivity contribution in [3.63, 3.8) is 0 Å². The van der Waals surface area contributed by atoms with E-state index >= 15 is 0 Å². The molecular weight excluding hydrogens is 396 g/mol. The molecule has 7 nitrogen and oxygen atoms in total. The highest BCUT2D eigenvalue weighted by Crippen LogP contribution is 2.29. The third kappa shape index (κ3) is 3.75. The molecule has 1 aliphatic rings. The van der Waals surface area contributed by atoms with Crippen molar-refractivity contribution in [1.82, 2.24) is 19.6 Å². The number of carbonyl (C=O) groups excluding carboxylic acids is 1. The van der Waals surface area contributed by atoms with E-state index in [9.17, 15) is 27.2 Å². The Labute approximate surface area is 160 Å². The van der Waals surface area contributed by atoms with Gasteiger partial charge in [0.05, 0.1) is 0 Å². The molecule has 150 valence electrons. The largest absolute Gasteiger partial charge is 0.471 e. The molecule has 0 aliphatic carbocycles. The van der Waals surface area contributed by atoms with Gasteiger partial charge in [0.1, 0.15) is 12.4 Å². The van der Waals surface area contributed by atoms with E-state index in [1.807, 2.05) is 0 Å². The molecule has 1 amide bonds. The van der Waals surface area contributed by atoms with Gasteiger partial charge in [-0.1, -0.05) is 11.2 Å². The van der Waals surface area contributed by atoms with E-state index in [0.29, 0.717) is 12.1 Å². The molecule has 1 aromatic carbocycles. The summed E-state index contributed by atoms with van der Waals surface area (Å²) in [7, 11) is 0. The Hall–Kier alpha value is -3.50. The summed E-state index contributed by atoms with van der Waals surface area (Å²) in [4.78, 5) is 29.5. The highest BCUT2D eigenvalue weighted by Gasteiger charge is 2.38. The molecular formula is C18H12F4N4O3. The molecule has 0 bridgehead atoms. The lowest BCUT2D eigenvalue weighted by Crippen LogP contribution is -2.32. The molecule has 2 aromatic heterocycles. The molecule has 29 heavy (non-hydrogen) atoms. The van der Waals surface area contributed by atoms with E-state index in [1.54, 1.807) is 6.07 Å². The molecule has 0 atom stereocenters. The molecule has 0 saturated carbocycles. The zero-order valence-corrected chi connectivity index (χ0v) is 14.6. The normalized spacial score (nSPS) is 13.6. The van der Waals surface area contributed by atoms with Gasteiger partial charge in [-0.2, -0.15) is 18.2 Å². The number of rotatable bonds is 3. The van der Waals surface area contributed by atoms with Gasteiger partial charge in [-0.15, -0.1) is 0 Å². The first-order valence-electron chi connectivity index (χ1n) is 8.37. The zero-order chi connectivity index (χ0) is 20.8. The lowest BCUT2D eigenvalue weighted by molar-refractivity contribution is -0.159. The Bertz CT molecular complexity index is 1150. The predicted octanol–water partition coefficient (Wildman–Crippen LogP) is 2.60.